The third kappa shape index (κ3) is 7.74. The van der Waals surface area contributed by atoms with Crippen LogP contribution >= 0.6 is 0 Å². The van der Waals surface area contributed by atoms with Gasteiger partial charge in [-0.25, -0.2) is 9.59 Å². The van der Waals surface area contributed by atoms with Gasteiger partial charge in [0.25, 0.3) is 0 Å². The van der Waals surface area contributed by atoms with Crippen molar-refractivity contribution in [1.29, 1.82) is 0 Å². The van der Waals surface area contributed by atoms with E-state index in [1.807, 2.05) is 63.2 Å². The van der Waals surface area contributed by atoms with Crippen molar-refractivity contribution in [2.24, 2.45) is 5.92 Å². The van der Waals surface area contributed by atoms with Crippen LogP contribution in [0.4, 0.5) is 21.0 Å². The Morgan fingerprint density at radius 2 is 1.56 bits per heavy atom. The molecule has 0 radical (unpaired) electrons. The van der Waals surface area contributed by atoms with E-state index in [1.54, 1.807) is 9.80 Å². The zero-order chi connectivity index (χ0) is 30.6. The number of carboxylic acids is 1. The molecule has 43 heavy (non-hydrogen) atoms. The van der Waals surface area contributed by atoms with Gasteiger partial charge in [0.1, 0.15) is 5.60 Å². The molecule has 1 aliphatic carbocycles. The molecule has 2 N–H and O–H groups in total. The number of para-hydroxylation sites is 1. The first-order chi connectivity index (χ1) is 20.6. The third-order valence-corrected chi connectivity index (χ3v) is 8.27. The van der Waals surface area contributed by atoms with E-state index in [-0.39, 0.29) is 18.4 Å². The van der Waals surface area contributed by atoms with Gasteiger partial charge in [0.05, 0.1) is 12.2 Å². The second-order valence-corrected chi connectivity index (χ2v) is 12.6. The van der Waals surface area contributed by atoms with Crippen LogP contribution in [0.5, 0.6) is 0 Å². The summed E-state index contributed by atoms with van der Waals surface area (Å²) in [5, 5.41) is 12.1. The fourth-order valence-corrected chi connectivity index (χ4v) is 6.08. The maximum Gasteiger partial charge on any atom is 0.410 e. The van der Waals surface area contributed by atoms with Crippen molar-refractivity contribution < 1.29 is 24.2 Å². The Kier molecular flexibility index (Phi) is 9.04. The number of hydrogen-bond donors (Lipinski definition) is 2. The number of fused-ring (bicyclic) bond motifs is 1. The molecular weight excluding hydrogens is 542 g/mol. The van der Waals surface area contributed by atoms with E-state index in [9.17, 15) is 14.4 Å². The van der Waals surface area contributed by atoms with Crippen LogP contribution in [0, 0.1) is 5.92 Å². The van der Waals surface area contributed by atoms with Crippen LogP contribution in [0.25, 0.3) is 11.1 Å². The maximum atomic E-state index is 13.5. The van der Waals surface area contributed by atoms with Crippen LogP contribution in [0.15, 0.2) is 72.8 Å². The van der Waals surface area contributed by atoms with Crippen LogP contribution in [-0.4, -0.2) is 46.8 Å². The molecule has 8 nitrogen and oxygen atoms in total. The molecule has 1 fully saturated rings. The zero-order valence-electron chi connectivity index (χ0n) is 25.2. The summed E-state index contributed by atoms with van der Waals surface area (Å²) in [6, 6.07) is 23.7. The van der Waals surface area contributed by atoms with Gasteiger partial charge in [-0.2, -0.15) is 0 Å². The summed E-state index contributed by atoms with van der Waals surface area (Å²) in [4.78, 5) is 41.0. The van der Waals surface area contributed by atoms with E-state index in [0.717, 1.165) is 48.1 Å². The van der Waals surface area contributed by atoms with Gasteiger partial charge in [-0.1, -0.05) is 48.5 Å². The molecule has 0 aromatic heterocycles. The highest BCUT2D eigenvalue weighted by Gasteiger charge is 2.30. The van der Waals surface area contributed by atoms with Crippen LogP contribution in [0.2, 0.25) is 0 Å². The van der Waals surface area contributed by atoms with E-state index in [0.29, 0.717) is 31.2 Å². The minimum Gasteiger partial charge on any atom is -0.481 e. The average molecular weight is 584 g/mol. The monoisotopic (exact) mass is 583 g/mol. The number of urea groups is 1. The van der Waals surface area contributed by atoms with Gasteiger partial charge < -0.3 is 20.1 Å². The minimum atomic E-state index is -0.706. The number of aliphatic carboxylic acids is 1. The van der Waals surface area contributed by atoms with Gasteiger partial charge in [-0.15, -0.1) is 0 Å². The normalized spacial score (nSPS) is 18.8. The van der Waals surface area contributed by atoms with E-state index < -0.39 is 17.7 Å². The largest absolute Gasteiger partial charge is 0.481 e. The molecule has 0 unspecified atom stereocenters. The van der Waals surface area contributed by atoms with Crippen molar-refractivity contribution in [3.8, 4) is 11.1 Å². The number of benzene rings is 3. The number of ether oxygens (including phenoxy) is 1. The van der Waals surface area contributed by atoms with Crippen molar-refractivity contribution in [2.45, 2.75) is 70.9 Å². The first-order valence-electron chi connectivity index (χ1n) is 15.1. The second kappa shape index (κ2) is 12.9. The molecule has 0 saturated heterocycles. The second-order valence-electron chi connectivity index (χ2n) is 12.6. The fourth-order valence-electron chi connectivity index (χ4n) is 6.08. The predicted octanol–water partition coefficient (Wildman–Crippen LogP) is 7.89. The van der Waals surface area contributed by atoms with Gasteiger partial charge in [-0.3, -0.25) is 9.69 Å². The molecule has 2 aliphatic rings. The predicted molar refractivity (Wildman–Crippen MR) is 168 cm³/mol. The molecule has 1 heterocycles. The van der Waals surface area contributed by atoms with Crippen molar-refractivity contribution in [2.75, 3.05) is 23.3 Å². The van der Waals surface area contributed by atoms with Gasteiger partial charge in [-0.05, 0) is 105 Å². The lowest BCUT2D eigenvalue weighted by Gasteiger charge is -2.28. The molecule has 0 bridgehead atoms. The summed E-state index contributed by atoms with van der Waals surface area (Å²) in [5.74, 6) is 0.0233. The van der Waals surface area contributed by atoms with E-state index >= 15 is 0 Å². The molecule has 3 aromatic rings. The molecule has 5 rings (SSSR count). The highest BCUT2D eigenvalue weighted by molar-refractivity contribution is 6.02. The Morgan fingerprint density at radius 1 is 0.884 bits per heavy atom. The Labute approximate surface area is 253 Å². The van der Waals surface area contributed by atoms with E-state index in [1.165, 1.54) is 5.56 Å². The molecule has 3 aromatic carbocycles. The molecular formula is C35H41N3O5. The van der Waals surface area contributed by atoms with Crippen molar-refractivity contribution in [1.82, 2.24) is 4.90 Å². The lowest BCUT2D eigenvalue weighted by molar-refractivity contribution is -0.138. The summed E-state index contributed by atoms with van der Waals surface area (Å²) >= 11 is 0. The summed E-state index contributed by atoms with van der Waals surface area (Å²) in [6.07, 6.45) is 3.78. The molecule has 1 saturated carbocycles. The Balaban J connectivity index is 1.38. The van der Waals surface area contributed by atoms with Crippen molar-refractivity contribution >= 4 is 29.5 Å². The lowest BCUT2D eigenvalue weighted by atomic mass is 9.77. The number of nitrogens with one attached hydrogen (secondary N) is 1. The zero-order valence-corrected chi connectivity index (χ0v) is 25.2. The number of anilines is 2. The summed E-state index contributed by atoms with van der Waals surface area (Å²) in [5.41, 5.74) is 5.05. The number of carboxylic acid groups (broad SMARTS) is 1. The number of hydrogen-bond acceptors (Lipinski definition) is 4. The number of nitrogens with zero attached hydrogens (tertiary/aromatic N) is 2. The number of carbonyl (C=O) groups is 3. The SMILES string of the molecule is CC(C)(C)OC(=O)N1CCN(C(=O)Nc2ccccc2)c2ccc(-c3ccc([C@H]4CC[C@H](CC(=O)O)CC4)cc3)cc2C1. The Morgan fingerprint density at radius 3 is 2.21 bits per heavy atom. The topological polar surface area (TPSA) is 99.2 Å². The van der Waals surface area contributed by atoms with Gasteiger partial charge in [0.2, 0.25) is 0 Å². The standard InChI is InChI=1S/C35H41N3O5/c1-35(2,3)43-34(42)37-19-20-38(33(41)36-30-7-5-4-6-8-30)31-18-17-28(22-29(31)23-37)27-15-13-26(14-16-27)25-11-9-24(10-12-25)21-32(39)40/h4-8,13-18,22,24-25H,9-12,19-21,23H2,1-3H3,(H,36,41)(H,39,40)/t24-,25-. The number of rotatable bonds is 5. The van der Waals surface area contributed by atoms with Crippen molar-refractivity contribution in [3.05, 3.63) is 83.9 Å². The first kappa shape index (κ1) is 30.1. The van der Waals surface area contributed by atoms with Gasteiger partial charge in [0.15, 0.2) is 0 Å². The Hall–Kier alpha value is -4.33. The van der Waals surface area contributed by atoms with E-state index in [4.69, 9.17) is 9.84 Å². The quantitative estimate of drug-likeness (QED) is 0.318. The summed E-state index contributed by atoms with van der Waals surface area (Å²) in [7, 11) is 0. The van der Waals surface area contributed by atoms with Crippen LogP contribution in [0.1, 0.15) is 69.9 Å². The number of amides is 3. The number of carbonyl (C=O) groups excluding carboxylic acids is 2. The Bertz CT molecular complexity index is 1440. The molecule has 1 aliphatic heterocycles. The molecule has 226 valence electrons. The highest BCUT2D eigenvalue weighted by Crippen LogP contribution is 2.38. The molecule has 0 atom stereocenters. The lowest BCUT2D eigenvalue weighted by Crippen LogP contribution is -2.41. The maximum absolute atomic E-state index is 13.5. The highest BCUT2D eigenvalue weighted by atomic mass is 16.6. The molecule has 8 heteroatoms. The smallest absolute Gasteiger partial charge is 0.410 e. The van der Waals surface area contributed by atoms with Crippen LogP contribution in [-0.2, 0) is 16.1 Å². The molecule has 0 spiro atoms. The van der Waals surface area contributed by atoms with Gasteiger partial charge >= 0.3 is 18.1 Å². The van der Waals surface area contributed by atoms with Gasteiger partial charge in [0, 0.05) is 25.2 Å². The average Bonchev–Trinajstić information content (AvgIpc) is 3.17. The summed E-state index contributed by atoms with van der Waals surface area (Å²) in [6.45, 7) is 6.53. The fraction of sp³-hybridized carbons (Fsp3) is 0.400. The molecule has 3 amide bonds. The first-order valence-corrected chi connectivity index (χ1v) is 15.1. The van der Waals surface area contributed by atoms with Crippen LogP contribution in [0.3, 0.4) is 0 Å². The minimum absolute atomic E-state index is 0.256. The van der Waals surface area contributed by atoms with Crippen LogP contribution < -0.4 is 10.2 Å². The van der Waals surface area contributed by atoms with E-state index in [2.05, 4.69) is 35.6 Å². The van der Waals surface area contributed by atoms with Crippen molar-refractivity contribution in [3.63, 3.8) is 0 Å². The summed E-state index contributed by atoms with van der Waals surface area (Å²) < 4.78 is 5.69. The third-order valence-electron chi connectivity index (χ3n) is 8.27.